The SMILES string of the molecule is CC1=CC(=O)C(CCC(=O)c2cc(Cl)cc(N(C)C3CCN(C(=O)N(C)C)CC3)c2C)C(C)=C1. The summed E-state index contributed by atoms with van der Waals surface area (Å²) in [5, 5.41) is 0.527. The largest absolute Gasteiger partial charge is 0.371 e. The van der Waals surface area contributed by atoms with Crippen LogP contribution in [-0.2, 0) is 4.79 Å². The first-order chi connectivity index (χ1) is 16.0. The molecule has 1 aliphatic carbocycles. The van der Waals surface area contributed by atoms with Crippen LogP contribution in [0.1, 0.15) is 55.5 Å². The van der Waals surface area contributed by atoms with Crippen LogP contribution in [0.25, 0.3) is 0 Å². The van der Waals surface area contributed by atoms with Gasteiger partial charge in [-0.05, 0) is 69.4 Å². The van der Waals surface area contributed by atoms with Gasteiger partial charge in [-0.3, -0.25) is 9.59 Å². The van der Waals surface area contributed by atoms with E-state index in [9.17, 15) is 14.4 Å². The lowest BCUT2D eigenvalue weighted by molar-refractivity contribution is -0.117. The van der Waals surface area contributed by atoms with E-state index in [1.807, 2.05) is 44.9 Å². The molecule has 6 nitrogen and oxygen atoms in total. The van der Waals surface area contributed by atoms with Gasteiger partial charge < -0.3 is 14.7 Å². The summed E-state index contributed by atoms with van der Waals surface area (Å²) in [6.07, 6.45) is 6.19. The minimum Gasteiger partial charge on any atom is -0.371 e. The van der Waals surface area contributed by atoms with Gasteiger partial charge in [0.25, 0.3) is 0 Å². The Morgan fingerprint density at radius 1 is 1.06 bits per heavy atom. The van der Waals surface area contributed by atoms with Gasteiger partial charge in [-0.1, -0.05) is 23.3 Å². The van der Waals surface area contributed by atoms with Gasteiger partial charge in [-0.2, -0.15) is 0 Å². The number of benzene rings is 1. The van der Waals surface area contributed by atoms with Crippen LogP contribution in [0.4, 0.5) is 10.5 Å². The van der Waals surface area contributed by atoms with Crippen molar-refractivity contribution < 1.29 is 14.4 Å². The fourth-order valence-electron chi connectivity index (χ4n) is 5.08. The highest BCUT2D eigenvalue weighted by molar-refractivity contribution is 6.31. The number of ketones is 2. The van der Waals surface area contributed by atoms with Crippen molar-refractivity contribution in [1.29, 1.82) is 0 Å². The smallest absolute Gasteiger partial charge is 0.319 e. The zero-order chi connectivity index (χ0) is 25.2. The number of hydrogen-bond acceptors (Lipinski definition) is 4. The molecule has 2 aliphatic rings. The van der Waals surface area contributed by atoms with Crippen LogP contribution in [0.2, 0.25) is 5.02 Å². The van der Waals surface area contributed by atoms with E-state index >= 15 is 0 Å². The molecule has 1 aromatic carbocycles. The van der Waals surface area contributed by atoms with Crippen LogP contribution in [0, 0.1) is 12.8 Å². The molecule has 1 atom stereocenters. The average Bonchev–Trinajstić information content (AvgIpc) is 2.78. The highest BCUT2D eigenvalue weighted by Crippen LogP contribution is 2.33. The molecule has 7 heteroatoms. The fourth-order valence-corrected chi connectivity index (χ4v) is 5.29. The second kappa shape index (κ2) is 10.8. The van der Waals surface area contributed by atoms with E-state index in [2.05, 4.69) is 4.90 Å². The number of Topliss-reactive ketones (excluding diaryl/α,β-unsaturated/α-hetero) is 1. The number of carbonyl (C=O) groups is 3. The molecule has 1 saturated heterocycles. The molecule has 0 N–H and O–H groups in total. The number of anilines is 1. The maximum absolute atomic E-state index is 13.2. The maximum atomic E-state index is 13.2. The maximum Gasteiger partial charge on any atom is 0.319 e. The monoisotopic (exact) mass is 485 g/mol. The highest BCUT2D eigenvalue weighted by atomic mass is 35.5. The number of piperidine rings is 1. The molecule has 34 heavy (non-hydrogen) atoms. The van der Waals surface area contributed by atoms with E-state index < -0.39 is 0 Å². The lowest BCUT2D eigenvalue weighted by atomic mass is 9.84. The van der Waals surface area contributed by atoms with Gasteiger partial charge in [-0.15, -0.1) is 0 Å². The summed E-state index contributed by atoms with van der Waals surface area (Å²) in [5.41, 5.74) is 4.44. The highest BCUT2D eigenvalue weighted by Gasteiger charge is 2.28. The Hall–Kier alpha value is -2.60. The number of carbonyl (C=O) groups excluding carboxylic acids is 3. The van der Waals surface area contributed by atoms with Crippen LogP contribution in [-0.4, -0.2) is 67.7 Å². The topological polar surface area (TPSA) is 60.9 Å². The Balaban J connectivity index is 1.71. The van der Waals surface area contributed by atoms with Gasteiger partial charge >= 0.3 is 6.03 Å². The lowest BCUT2D eigenvalue weighted by Gasteiger charge is -2.39. The third-order valence-electron chi connectivity index (χ3n) is 7.07. The van der Waals surface area contributed by atoms with Crippen molar-refractivity contribution >= 4 is 34.9 Å². The third kappa shape index (κ3) is 5.72. The van der Waals surface area contributed by atoms with Crippen LogP contribution < -0.4 is 4.90 Å². The number of nitrogens with zero attached hydrogens (tertiary/aromatic N) is 3. The van der Waals surface area contributed by atoms with E-state index in [0.717, 1.165) is 35.2 Å². The molecule has 0 bridgehead atoms. The molecule has 1 aromatic rings. The van der Waals surface area contributed by atoms with E-state index in [-0.39, 0.29) is 29.6 Å². The molecule has 0 saturated carbocycles. The van der Waals surface area contributed by atoms with Gasteiger partial charge in [0, 0.05) is 68.9 Å². The summed E-state index contributed by atoms with van der Waals surface area (Å²) in [6.45, 7) is 7.24. The quantitative estimate of drug-likeness (QED) is 0.514. The van der Waals surface area contributed by atoms with E-state index in [0.29, 0.717) is 36.5 Å². The number of urea groups is 1. The molecule has 0 radical (unpaired) electrons. The third-order valence-corrected chi connectivity index (χ3v) is 7.29. The molecule has 0 aromatic heterocycles. The van der Waals surface area contributed by atoms with Crippen LogP contribution in [0.3, 0.4) is 0 Å². The predicted octanol–water partition coefficient (Wildman–Crippen LogP) is 5.29. The van der Waals surface area contributed by atoms with Crippen molar-refractivity contribution in [2.75, 3.05) is 39.1 Å². The minimum absolute atomic E-state index is 0.00734. The van der Waals surface area contributed by atoms with Crippen molar-refractivity contribution in [3.05, 3.63) is 51.6 Å². The zero-order valence-corrected chi connectivity index (χ0v) is 21.9. The summed E-state index contributed by atoms with van der Waals surface area (Å²) in [6, 6.07) is 3.95. The van der Waals surface area contributed by atoms with E-state index in [1.165, 1.54) is 0 Å². The lowest BCUT2D eigenvalue weighted by Crippen LogP contribution is -2.48. The molecular weight excluding hydrogens is 450 g/mol. The van der Waals surface area contributed by atoms with Crippen LogP contribution >= 0.6 is 11.6 Å². The summed E-state index contributed by atoms with van der Waals surface area (Å²) in [7, 11) is 5.58. The van der Waals surface area contributed by atoms with Crippen molar-refractivity contribution in [1.82, 2.24) is 9.80 Å². The summed E-state index contributed by atoms with van der Waals surface area (Å²) < 4.78 is 0. The molecule has 0 spiro atoms. The van der Waals surface area contributed by atoms with Crippen molar-refractivity contribution in [2.24, 2.45) is 5.92 Å². The summed E-state index contributed by atoms with van der Waals surface area (Å²) in [4.78, 5) is 43.6. The number of hydrogen-bond donors (Lipinski definition) is 0. The molecule has 2 amide bonds. The average molecular weight is 486 g/mol. The van der Waals surface area contributed by atoms with Crippen LogP contribution in [0.5, 0.6) is 0 Å². The van der Waals surface area contributed by atoms with Gasteiger partial charge in [-0.25, -0.2) is 4.79 Å². The molecule has 184 valence electrons. The Morgan fingerprint density at radius 2 is 1.71 bits per heavy atom. The normalized spacial score (nSPS) is 19.0. The van der Waals surface area contributed by atoms with Crippen molar-refractivity contribution in [2.45, 2.75) is 52.5 Å². The second-order valence-electron chi connectivity index (χ2n) is 9.80. The number of rotatable bonds is 6. The fraction of sp³-hybridized carbons (Fsp3) is 0.519. The summed E-state index contributed by atoms with van der Waals surface area (Å²) >= 11 is 6.45. The predicted molar refractivity (Wildman–Crippen MR) is 138 cm³/mol. The molecular formula is C27H36ClN3O3. The van der Waals surface area contributed by atoms with Gasteiger partial charge in [0.2, 0.25) is 0 Å². The van der Waals surface area contributed by atoms with Crippen molar-refractivity contribution in [3.63, 3.8) is 0 Å². The Bertz CT molecular complexity index is 1040. The second-order valence-corrected chi connectivity index (χ2v) is 10.2. The summed E-state index contributed by atoms with van der Waals surface area (Å²) in [5.74, 6) is -0.148. The van der Waals surface area contributed by atoms with Crippen molar-refractivity contribution in [3.8, 4) is 0 Å². The van der Waals surface area contributed by atoms with E-state index in [1.54, 1.807) is 31.1 Å². The van der Waals surface area contributed by atoms with E-state index in [4.69, 9.17) is 11.6 Å². The minimum atomic E-state index is -0.232. The van der Waals surface area contributed by atoms with Gasteiger partial charge in [0.1, 0.15) is 0 Å². The standard InChI is InChI=1S/C27H36ClN3O3/c1-17-13-18(2)22(26(33)14-17)7-8-25(32)23-15-20(28)16-24(19(23)3)30(6)21-9-11-31(12-10-21)27(34)29(4)5/h13-16,21-22H,7-12H2,1-6H3. The molecule has 1 unspecified atom stereocenters. The number of allylic oxidation sites excluding steroid dienone is 4. The number of likely N-dealkylation sites (tertiary alicyclic amines) is 1. The first-order valence-corrected chi connectivity index (χ1v) is 12.3. The first-order valence-electron chi connectivity index (χ1n) is 11.9. The zero-order valence-electron chi connectivity index (χ0n) is 21.2. The van der Waals surface area contributed by atoms with Crippen LogP contribution in [0.15, 0.2) is 35.4 Å². The molecule has 1 aliphatic heterocycles. The molecule has 1 fully saturated rings. The van der Waals surface area contributed by atoms with Gasteiger partial charge in [0.05, 0.1) is 0 Å². The molecule has 3 rings (SSSR count). The number of amides is 2. The number of halogens is 1. The Labute approximate surface area is 208 Å². The first kappa shape index (κ1) is 26.0. The van der Waals surface area contributed by atoms with Gasteiger partial charge in [0.15, 0.2) is 11.6 Å². The molecule has 1 heterocycles. The Morgan fingerprint density at radius 3 is 2.29 bits per heavy atom. The Kier molecular flexibility index (Phi) is 8.24.